The first-order valence-corrected chi connectivity index (χ1v) is 6.52. The quantitative estimate of drug-likeness (QED) is 0.875. The lowest BCUT2D eigenvalue weighted by molar-refractivity contribution is -0.154. The molecule has 1 aromatic rings. The second-order valence-electron chi connectivity index (χ2n) is 4.49. The number of nitrogens with zero attached hydrogens (tertiary/aromatic N) is 1. The number of hydrogen-bond acceptors (Lipinski definition) is 3. The van der Waals surface area contributed by atoms with Crippen molar-refractivity contribution in [3.05, 3.63) is 28.8 Å². The highest BCUT2D eigenvalue weighted by molar-refractivity contribution is 6.31. The van der Waals surface area contributed by atoms with Gasteiger partial charge < -0.3 is 20.1 Å². The van der Waals surface area contributed by atoms with E-state index in [1.54, 1.807) is 25.1 Å². The van der Waals surface area contributed by atoms with Crippen LogP contribution in [0.2, 0.25) is 5.02 Å². The van der Waals surface area contributed by atoms with E-state index in [2.05, 4.69) is 5.32 Å². The van der Waals surface area contributed by atoms with E-state index in [-0.39, 0.29) is 19.2 Å². The first kappa shape index (κ1) is 14.6. The minimum Gasteiger partial charge on any atom is -0.479 e. The summed E-state index contributed by atoms with van der Waals surface area (Å²) in [5.74, 6) is -1.07. The molecular formula is C13H15ClN2O4. The number of aliphatic carboxylic acids is 1. The smallest absolute Gasteiger partial charge is 0.334 e. The Morgan fingerprint density at radius 2 is 2.25 bits per heavy atom. The van der Waals surface area contributed by atoms with Crippen LogP contribution in [-0.2, 0) is 9.53 Å². The van der Waals surface area contributed by atoms with Crippen molar-refractivity contribution < 1.29 is 19.4 Å². The zero-order valence-corrected chi connectivity index (χ0v) is 11.7. The van der Waals surface area contributed by atoms with E-state index in [1.165, 1.54) is 4.90 Å². The van der Waals surface area contributed by atoms with Crippen LogP contribution in [0.15, 0.2) is 18.2 Å². The molecule has 6 nitrogen and oxygen atoms in total. The van der Waals surface area contributed by atoms with Gasteiger partial charge in [0.05, 0.1) is 13.2 Å². The van der Waals surface area contributed by atoms with Gasteiger partial charge in [-0.25, -0.2) is 9.59 Å². The van der Waals surface area contributed by atoms with Crippen LogP contribution in [-0.4, -0.2) is 47.8 Å². The highest BCUT2D eigenvalue weighted by atomic mass is 35.5. The van der Waals surface area contributed by atoms with Gasteiger partial charge in [-0.15, -0.1) is 0 Å². The molecule has 1 aliphatic rings. The van der Waals surface area contributed by atoms with Crippen molar-refractivity contribution >= 4 is 29.3 Å². The number of rotatable bonds is 2. The molecule has 0 aromatic heterocycles. The number of carbonyl (C=O) groups excluding carboxylic acids is 1. The van der Waals surface area contributed by atoms with Gasteiger partial charge in [0.2, 0.25) is 0 Å². The summed E-state index contributed by atoms with van der Waals surface area (Å²) in [6.45, 7) is 2.40. The third kappa shape index (κ3) is 3.20. The van der Waals surface area contributed by atoms with Gasteiger partial charge in [-0.3, -0.25) is 0 Å². The number of hydrogen-bond donors (Lipinski definition) is 2. The molecule has 1 saturated heterocycles. The molecule has 0 aliphatic carbocycles. The number of halogens is 1. The topological polar surface area (TPSA) is 78.9 Å². The number of carbonyl (C=O) groups is 2. The van der Waals surface area contributed by atoms with Crippen LogP contribution in [0.4, 0.5) is 10.5 Å². The van der Waals surface area contributed by atoms with E-state index < -0.39 is 12.1 Å². The normalized spacial score (nSPS) is 18.7. The van der Waals surface area contributed by atoms with E-state index in [9.17, 15) is 9.59 Å². The van der Waals surface area contributed by atoms with E-state index in [0.29, 0.717) is 17.3 Å². The molecule has 0 saturated carbocycles. The van der Waals surface area contributed by atoms with Gasteiger partial charge in [-0.05, 0) is 24.6 Å². The van der Waals surface area contributed by atoms with Crippen molar-refractivity contribution in [2.45, 2.75) is 13.0 Å². The van der Waals surface area contributed by atoms with E-state index in [4.69, 9.17) is 21.4 Å². The molecule has 108 valence electrons. The summed E-state index contributed by atoms with van der Waals surface area (Å²) in [6.07, 6.45) is -0.977. The number of carboxylic acid groups (broad SMARTS) is 1. The maximum Gasteiger partial charge on any atom is 0.334 e. The molecule has 2 N–H and O–H groups in total. The van der Waals surface area contributed by atoms with Crippen LogP contribution in [0, 0.1) is 6.92 Å². The van der Waals surface area contributed by atoms with Crippen molar-refractivity contribution in [1.82, 2.24) is 4.90 Å². The molecular weight excluding hydrogens is 284 g/mol. The molecule has 1 atom stereocenters. The standard InChI is InChI=1S/C13H15ClN2O4/c1-8-9(14)3-2-4-10(8)15-13(19)16-5-6-20-11(7-16)12(17)18/h2-4,11H,5-7H2,1H3,(H,15,19)(H,17,18). The lowest BCUT2D eigenvalue weighted by Gasteiger charge is -2.31. The lowest BCUT2D eigenvalue weighted by atomic mass is 10.2. The molecule has 20 heavy (non-hydrogen) atoms. The first-order valence-electron chi connectivity index (χ1n) is 6.14. The third-order valence-corrected chi connectivity index (χ3v) is 3.55. The van der Waals surface area contributed by atoms with Gasteiger partial charge in [-0.1, -0.05) is 17.7 Å². The van der Waals surface area contributed by atoms with E-state index in [1.807, 2.05) is 0 Å². The largest absolute Gasteiger partial charge is 0.479 e. The fourth-order valence-corrected chi connectivity index (χ4v) is 2.09. The molecule has 1 fully saturated rings. The summed E-state index contributed by atoms with van der Waals surface area (Å²) in [7, 11) is 0. The molecule has 1 unspecified atom stereocenters. The Bertz CT molecular complexity index is 535. The highest BCUT2D eigenvalue weighted by Crippen LogP contribution is 2.23. The summed E-state index contributed by atoms with van der Waals surface area (Å²) in [5.41, 5.74) is 1.38. The van der Waals surface area contributed by atoms with Gasteiger partial charge in [0.15, 0.2) is 6.10 Å². The van der Waals surface area contributed by atoms with Crippen LogP contribution < -0.4 is 5.32 Å². The molecule has 2 amide bonds. The Labute approximate surface area is 121 Å². The Morgan fingerprint density at radius 1 is 1.50 bits per heavy atom. The van der Waals surface area contributed by atoms with Crippen LogP contribution in [0.25, 0.3) is 0 Å². The van der Waals surface area contributed by atoms with E-state index >= 15 is 0 Å². The van der Waals surface area contributed by atoms with Gasteiger partial charge >= 0.3 is 12.0 Å². The Kier molecular flexibility index (Phi) is 4.46. The van der Waals surface area contributed by atoms with Gasteiger partial charge in [0, 0.05) is 17.3 Å². The lowest BCUT2D eigenvalue weighted by Crippen LogP contribution is -2.49. The number of ether oxygens (including phenoxy) is 1. The number of amides is 2. The Hall–Kier alpha value is -1.79. The van der Waals surface area contributed by atoms with Crippen LogP contribution >= 0.6 is 11.6 Å². The number of morpholine rings is 1. The molecule has 0 bridgehead atoms. The van der Waals surface area contributed by atoms with Crippen LogP contribution in [0.3, 0.4) is 0 Å². The molecule has 0 spiro atoms. The Balaban J connectivity index is 2.04. The number of carboxylic acids is 1. The molecule has 1 aromatic carbocycles. The summed E-state index contributed by atoms with van der Waals surface area (Å²) < 4.78 is 5.07. The number of anilines is 1. The highest BCUT2D eigenvalue weighted by Gasteiger charge is 2.29. The predicted octanol–water partition coefficient (Wildman–Crippen LogP) is 1.97. The monoisotopic (exact) mass is 298 g/mol. The molecule has 1 aliphatic heterocycles. The summed E-state index contributed by atoms with van der Waals surface area (Å²) in [6, 6.07) is 4.87. The van der Waals surface area contributed by atoms with Gasteiger partial charge in [-0.2, -0.15) is 0 Å². The second kappa shape index (κ2) is 6.11. The number of nitrogens with one attached hydrogen (secondary N) is 1. The van der Waals surface area contributed by atoms with Crippen LogP contribution in [0.1, 0.15) is 5.56 Å². The average Bonchev–Trinajstić information content (AvgIpc) is 2.44. The maximum absolute atomic E-state index is 12.1. The molecule has 7 heteroatoms. The van der Waals surface area contributed by atoms with Crippen molar-refractivity contribution in [2.24, 2.45) is 0 Å². The molecule has 2 rings (SSSR count). The van der Waals surface area contributed by atoms with Gasteiger partial charge in [0.1, 0.15) is 0 Å². The summed E-state index contributed by atoms with van der Waals surface area (Å²) in [4.78, 5) is 24.4. The van der Waals surface area contributed by atoms with Gasteiger partial charge in [0.25, 0.3) is 0 Å². The fourth-order valence-electron chi connectivity index (χ4n) is 1.92. The first-order chi connectivity index (χ1) is 9.49. The Morgan fingerprint density at radius 3 is 2.95 bits per heavy atom. The molecule has 1 heterocycles. The molecule has 0 radical (unpaired) electrons. The fraction of sp³-hybridized carbons (Fsp3) is 0.385. The second-order valence-corrected chi connectivity index (χ2v) is 4.89. The van der Waals surface area contributed by atoms with Crippen LogP contribution in [0.5, 0.6) is 0 Å². The van der Waals surface area contributed by atoms with Crippen molar-refractivity contribution in [3.8, 4) is 0 Å². The van der Waals surface area contributed by atoms with Crippen molar-refractivity contribution in [2.75, 3.05) is 25.0 Å². The van der Waals surface area contributed by atoms with Crippen molar-refractivity contribution in [3.63, 3.8) is 0 Å². The van der Waals surface area contributed by atoms with E-state index in [0.717, 1.165) is 5.56 Å². The summed E-state index contributed by atoms with van der Waals surface area (Å²) >= 11 is 5.99. The third-order valence-electron chi connectivity index (χ3n) is 3.14. The number of urea groups is 1. The van der Waals surface area contributed by atoms with Crippen molar-refractivity contribution in [1.29, 1.82) is 0 Å². The average molecular weight is 299 g/mol. The minimum absolute atomic E-state index is 0.0286. The SMILES string of the molecule is Cc1c(Cl)cccc1NC(=O)N1CCOC(C(=O)O)C1. The number of benzene rings is 1. The zero-order valence-electron chi connectivity index (χ0n) is 10.9. The summed E-state index contributed by atoms with van der Waals surface area (Å²) in [5, 5.41) is 12.2. The minimum atomic E-state index is -1.07. The zero-order chi connectivity index (χ0) is 14.7. The maximum atomic E-state index is 12.1. The predicted molar refractivity (Wildman–Crippen MR) is 74.2 cm³/mol.